The molecule has 29 heavy (non-hydrogen) atoms. The number of aryl methyl sites for hydroxylation is 1. The number of hydrogen-bond acceptors (Lipinski definition) is 4. The predicted molar refractivity (Wildman–Crippen MR) is 109 cm³/mol. The number of carbonyl (C=O) groups is 3. The number of anilines is 2. The number of hydrogen-bond donors (Lipinski definition) is 1. The van der Waals surface area contributed by atoms with Gasteiger partial charge in [0, 0.05) is 5.69 Å². The van der Waals surface area contributed by atoms with Crippen molar-refractivity contribution < 1.29 is 19.1 Å². The van der Waals surface area contributed by atoms with Crippen LogP contribution in [-0.2, 0) is 4.79 Å². The molecule has 0 fully saturated rings. The second kappa shape index (κ2) is 7.59. The van der Waals surface area contributed by atoms with Gasteiger partial charge in [0.25, 0.3) is 17.7 Å². The van der Waals surface area contributed by atoms with Gasteiger partial charge in [0.15, 0.2) is 6.61 Å². The van der Waals surface area contributed by atoms with Crippen molar-refractivity contribution in [1.82, 2.24) is 0 Å². The number of amides is 3. The minimum absolute atomic E-state index is 0.163. The Morgan fingerprint density at radius 3 is 2.41 bits per heavy atom. The van der Waals surface area contributed by atoms with E-state index in [1.54, 1.807) is 42.5 Å². The van der Waals surface area contributed by atoms with Gasteiger partial charge >= 0.3 is 0 Å². The number of carbonyl (C=O) groups excluding carboxylic acids is 3. The number of nitrogens with zero attached hydrogens (tertiary/aromatic N) is 1. The van der Waals surface area contributed by atoms with Crippen molar-refractivity contribution in [2.75, 3.05) is 16.8 Å². The molecule has 3 amide bonds. The Hall–Kier alpha value is -3.93. The molecule has 1 aliphatic heterocycles. The Morgan fingerprint density at radius 1 is 0.897 bits per heavy atom. The molecule has 1 N–H and O–H groups in total. The molecule has 0 radical (unpaired) electrons. The summed E-state index contributed by atoms with van der Waals surface area (Å²) in [6.07, 6.45) is 0. The van der Waals surface area contributed by atoms with Gasteiger partial charge in [0.05, 0.1) is 16.8 Å². The molecule has 6 nitrogen and oxygen atoms in total. The summed E-state index contributed by atoms with van der Waals surface area (Å²) < 4.78 is 5.49. The van der Waals surface area contributed by atoms with Crippen molar-refractivity contribution in [3.05, 3.63) is 89.5 Å². The molecule has 3 aromatic carbocycles. The first-order valence-electron chi connectivity index (χ1n) is 9.10. The van der Waals surface area contributed by atoms with E-state index in [0.717, 1.165) is 10.5 Å². The molecule has 0 aromatic heterocycles. The summed E-state index contributed by atoms with van der Waals surface area (Å²) in [5.41, 5.74) is 2.55. The van der Waals surface area contributed by atoms with E-state index in [9.17, 15) is 14.4 Å². The Morgan fingerprint density at radius 2 is 1.66 bits per heavy atom. The van der Waals surface area contributed by atoms with Crippen LogP contribution in [-0.4, -0.2) is 24.3 Å². The highest BCUT2D eigenvalue weighted by Gasteiger charge is 2.36. The van der Waals surface area contributed by atoms with Crippen LogP contribution in [0, 0.1) is 6.92 Å². The van der Waals surface area contributed by atoms with Crippen LogP contribution < -0.4 is 15.0 Å². The summed E-state index contributed by atoms with van der Waals surface area (Å²) in [5, 5.41) is 2.70. The van der Waals surface area contributed by atoms with Gasteiger partial charge in [0.2, 0.25) is 0 Å². The summed E-state index contributed by atoms with van der Waals surface area (Å²) in [6.45, 7) is 1.78. The number of fused-ring (bicyclic) bond motifs is 1. The van der Waals surface area contributed by atoms with Gasteiger partial charge in [0.1, 0.15) is 5.75 Å². The van der Waals surface area contributed by atoms with Gasteiger partial charge in [-0.2, -0.15) is 0 Å². The van der Waals surface area contributed by atoms with Crippen molar-refractivity contribution in [2.45, 2.75) is 6.92 Å². The molecular weight excluding hydrogens is 368 g/mol. The molecule has 0 saturated carbocycles. The largest absolute Gasteiger partial charge is 0.484 e. The van der Waals surface area contributed by atoms with Crippen LogP contribution >= 0.6 is 0 Å². The van der Waals surface area contributed by atoms with Crippen molar-refractivity contribution in [1.29, 1.82) is 0 Å². The zero-order valence-electron chi connectivity index (χ0n) is 15.7. The standard InChI is InChI=1S/C23H18N2O4/c1-15-6-5-9-18(12-15)29-14-21(26)24-16-10-11-19-20(13-16)23(28)25(22(19)27)17-7-3-2-4-8-17/h2-13H,14H2,1H3,(H,24,26). The van der Waals surface area contributed by atoms with Gasteiger partial charge in [-0.05, 0) is 55.0 Å². The SMILES string of the molecule is Cc1cccc(OCC(=O)Nc2ccc3c(c2)C(=O)N(c2ccccc2)C3=O)c1. The van der Waals surface area contributed by atoms with Crippen molar-refractivity contribution >= 4 is 29.1 Å². The van der Waals surface area contributed by atoms with Crippen LogP contribution in [0.5, 0.6) is 5.75 Å². The van der Waals surface area contributed by atoms with Gasteiger partial charge < -0.3 is 10.1 Å². The average Bonchev–Trinajstić information content (AvgIpc) is 2.97. The van der Waals surface area contributed by atoms with E-state index in [4.69, 9.17) is 4.74 Å². The zero-order valence-corrected chi connectivity index (χ0v) is 15.7. The number of benzene rings is 3. The third kappa shape index (κ3) is 3.73. The third-order valence-corrected chi connectivity index (χ3v) is 4.54. The van der Waals surface area contributed by atoms with Crippen molar-refractivity contribution in [3.8, 4) is 5.75 Å². The van der Waals surface area contributed by atoms with Crippen LogP contribution in [0.3, 0.4) is 0 Å². The first kappa shape index (κ1) is 18.4. The summed E-state index contributed by atoms with van der Waals surface area (Å²) in [7, 11) is 0. The van der Waals surface area contributed by atoms with Gasteiger partial charge in [-0.3, -0.25) is 14.4 Å². The molecular formula is C23H18N2O4. The van der Waals surface area contributed by atoms with E-state index in [2.05, 4.69) is 5.32 Å². The molecule has 1 heterocycles. The molecule has 0 atom stereocenters. The lowest BCUT2D eigenvalue weighted by molar-refractivity contribution is -0.118. The highest BCUT2D eigenvalue weighted by Crippen LogP contribution is 2.30. The summed E-state index contributed by atoms with van der Waals surface area (Å²) in [6, 6.07) is 20.8. The second-order valence-corrected chi connectivity index (χ2v) is 6.69. The predicted octanol–water partition coefficient (Wildman–Crippen LogP) is 3.81. The fourth-order valence-electron chi connectivity index (χ4n) is 3.18. The van der Waals surface area contributed by atoms with E-state index < -0.39 is 5.91 Å². The van der Waals surface area contributed by atoms with E-state index in [1.807, 2.05) is 31.2 Å². The topological polar surface area (TPSA) is 75.7 Å². The Labute approximate surface area is 167 Å². The van der Waals surface area contributed by atoms with Crippen LogP contribution in [0.4, 0.5) is 11.4 Å². The molecule has 0 spiro atoms. The fraction of sp³-hybridized carbons (Fsp3) is 0.0870. The Bertz CT molecular complexity index is 1110. The third-order valence-electron chi connectivity index (χ3n) is 4.54. The number of para-hydroxylation sites is 1. The fourth-order valence-corrected chi connectivity index (χ4v) is 3.18. The van der Waals surface area contributed by atoms with Crippen molar-refractivity contribution in [2.24, 2.45) is 0 Å². The highest BCUT2D eigenvalue weighted by molar-refractivity contribution is 6.34. The minimum atomic E-state index is -0.414. The van der Waals surface area contributed by atoms with Gasteiger partial charge in [-0.25, -0.2) is 4.90 Å². The normalized spacial score (nSPS) is 12.7. The van der Waals surface area contributed by atoms with Crippen LogP contribution in [0.1, 0.15) is 26.3 Å². The number of imide groups is 1. The van der Waals surface area contributed by atoms with Gasteiger partial charge in [-0.15, -0.1) is 0 Å². The van der Waals surface area contributed by atoms with E-state index in [1.165, 1.54) is 6.07 Å². The lowest BCUT2D eigenvalue weighted by atomic mass is 10.1. The van der Waals surface area contributed by atoms with Gasteiger partial charge in [-0.1, -0.05) is 30.3 Å². The maximum absolute atomic E-state index is 12.8. The molecule has 6 heteroatoms. The Balaban J connectivity index is 1.47. The molecule has 0 bridgehead atoms. The number of nitrogens with one attached hydrogen (secondary N) is 1. The smallest absolute Gasteiger partial charge is 0.266 e. The molecule has 3 aromatic rings. The molecule has 1 aliphatic rings. The maximum atomic E-state index is 12.8. The Kier molecular flexibility index (Phi) is 4.83. The average molecular weight is 386 g/mol. The van der Waals surface area contributed by atoms with E-state index in [0.29, 0.717) is 22.7 Å². The molecule has 144 valence electrons. The molecule has 4 rings (SSSR count). The lowest BCUT2D eigenvalue weighted by Crippen LogP contribution is -2.29. The summed E-state index contributed by atoms with van der Waals surface area (Å²) in [4.78, 5) is 38.7. The second-order valence-electron chi connectivity index (χ2n) is 6.69. The lowest BCUT2D eigenvalue weighted by Gasteiger charge is -2.13. The summed E-state index contributed by atoms with van der Waals surface area (Å²) >= 11 is 0. The first-order valence-corrected chi connectivity index (χ1v) is 9.10. The molecule has 0 aliphatic carbocycles. The molecule has 0 unspecified atom stereocenters. The summed E-state index contributed by atoms with van der Waals surface area (Å²) in [5.74, 6) is -0.545. The first-order chi connectivity index (χ1) is 14.0. The minimum Gasteiger partial charge on any atom is -0.484 e. The highest BCUT2D eigenvalue weighted by atomic mass is 16.5. The zero-order chi connectivity index (χ0) is 20.4. The quantitative estimate of drug-likeness (QED) is 0.677. The van der Waals surface area contributed by atoms with Crippen LogP contribution in [0.2, 0.25) is 0 Å². The van der Waals surface area contributed by atoms with E-state index in [-0.39, 0.29) is 24.0 Å². The monoisotopic (exact) mass is 386 g/mol. The number of rotatable bonds is 5. The number of ether oxygens (including phenoxy) is 1. The van der Waals surface area contributed by atoms with Crippen LogP contribution in [0.15, 0.2) is 72.8 Å². The van der Waals surface area contributed by atoms with Crippen LogP contribution in [0.25, 0.3) is 0 Å². The maximum Gasteiger partial charge on any atom is 0.266 e. The molecule has 0 saturated heterocycles. The van der Waals surface area contributed by atoms with Crippen molar-refractivity contribution in [3.63, 3.8) is 0 Å². The van der Waals surface area contributed by atoms with E-state index >= 15 is 0 Å².